The number of amides is 1. The standard InChI is InChI=1S/C24H38N2O2/c1-16(26-20-10-11-20)22-14-18(8-5-13-25-24(27)28-2)23(17-6-3-4-7-17)15-19-9-12-21(19)22/h14,16-17,19-21,26H,3-13,15H2,1-2H3,(H,25,27). The molecule has 4 nitrogen and oxygen atoms in total. The van der Waals surface area contributed by atoms with Crippen molar-refractivity contribution in [2.24, 2.45) is 17.8 Å². The van der Waals surface area contributed by atoms with Crippen LogP contribution in [-0.2, 0) is 4.74 Å². The van der Waals surface area contributed by atoms with Gasteiger partial charge in [0.05, 0.1) is 7.11 Å². The topological polar surface area (TPSA) is 50.4 Å². The number of ether oxygens (including phenoxy) is 1. The van der Waals surface area contributed by atoms with Crippen molar-refractivity contribution < 1.29 is 9.53 Å². The first-order valence-corrected chi connectivity index (χ1v) is 11.7. The Kier molecular flexibility index (Phi) is 6.45. The number of rotatable bonds is 8. The molecule has 4 aliphatic rings. The monoisotopic (exact) mass is 386 g/mol. The van der Waals surface area contributed by atoms with Crippen molar-refractivity contribution in [2.45, 2.75) is 89.6 Å². The lowest BCUT2D eigenvalue weighted by molar-refractivity contribution is 0.171. The first-order valence-electron chi connectivity index (χ1n) is 11.7. The summed E-state index contributed by atoms with van der Waals surface area (Å²) in [6.45, 7) is 3.08. The molecule has 0 aromatic heterocycles. The largest absolute Gasteiger partial charge is 0.453 e. The van der Waals surface area contributed by atoms with Gasteiger partial charge in [-0.3, -0.25) is 0 Å². The van der Waals surface area contributed by atoms with Gasteiger partial charge in [-0.15, -0.1) is 0 Å². The number of alkyl carbamates (subject to hydrolysis) is 1. The molecule has 0 heterocycles. The summed E-state index contributed by atoms with van der Waals surface area (Å²) in [6, 6.07) is 1.26. The van der Waals surface area contributed by atoms with Gasteiger partial charge >= 0.3 is 6.09 Å². The zero-order chi connectivity index (χ0) is 19.5. The average Bonchev–Trinajstić information content (AvgIpc) is 3.34. The maximum Gasteiger partial charge on any atom is 0.406 e. The maximum atomic E-state index is 11.4. The molecule has 3 saturated carbocycles. The number of hydrogen-bond acceptors (Lipinski definition) is 3. The molecule has 1 amide bonds. The molecule has 3 atom stereocenters. The molecule has 0 radical (unpaired) electrons. The molecule has 156 valence electrons. The Morgan fingerprint density at radius 2 is 1.96 bits per heavy atom. The van der Waals surface area contributed by atoms with E-state index in [9.17, 15) is 4.79 Å². The van der Waals surface area contributed by atoms with Crippen LogP contribution in [0.1, 0.15) is 77.6 Å². The molecule has 3 unspecified atom stereocenters. The second-order valence-corrected chi connectivity index (χ2v) is 9.51. The summed E-state index contributed by atoms with van der Waals surface area (Å²) in [5, 5.41) is 6.72. The number of nitrogens with one attached hydrogen (secondary N) is 2. The zero-order valence-corrected chi connectivity index (χ0v) is 17.8. The number of carbonyl (C=O) groups excluding carboxylic acids is 1. The molecule has 4 aliphatic carbocycles. The van der Waals surface area contributed by atoms with Gasteiger partial charge in [-0.25, -0.2) is 4.79 Å². The quantitative estimate of drug-likeness (QED) is 0.570. The van der Waals surface area contributed by atoms with Crippen molar-refractivity contribution in [3.8, 4) is 0 Å². The van der Waals surface area contributed by atoms with Crippen LogP contribution < -0.4 is 10.6 Å². The third-order valence-corrected chi connectivity index (χ3v) is 7.57. The maximum absolute atomic E-state index is 11.4. The van der Waals surface area contributed by atoms with E-state index in [-0.39, 0.29) is 6.09 Å². The van der Waals surface area contributed by atoms with E-state index in [1.54, 1.807) is 16.7 Å². The zero-order valence-electron chi connectivity index (χ0n) is 17.8. The Morgan fingerprint density at radius 3 is 2.61 bits per heavy atom. The number of methoxy groups -OCH3 is 1. The molecule has 28 heavy (non-hydrogen) atoms. The van der Waals surface area contributed by atoms with E-state index in [2.05, 4.69) is 23.6 Å². The van der Waals surface area contributed by atoms with Crippen LogP contribution >= 0.6 is 0 Å². The first kappa shape index (κ1) is 20.0. The Hall–Kier alpha value is -1.29. The van der Waals surface area contributed by atoms with E-state index in [4.69, 9.17) is 4.74 Å². The molecule has 0 aliphatic heterocycles. The molecule has 0 aromatic rings. The highest BCUT2D eigenvalue weighted by Crippen LogP contribution is 2.50. The van der Waals surface area contributed by atoms with Gasteiger partial charge in [0.25, 0.3) is 0 Å². The fourth-order valence-electron chi connectivity index (χ4n) is 5.69. The van der Waals surface area contributed by atoms with E-state index in [1.807, 2.05) is 0 Å². The predicted octanol–water partition coefficient (Wildman–Crippen LogP) is 5.11. The van der Waals surface area contributed by atoms with Crippen LogP contribution in [0.3, 0.4) is 0 Å². The van der Waals surface area contributed by atoms with Crippen molar-refractivity contribution in [1.82, 2.24) is 10.6 Å². The van der Waals surface area contributed by atoms with Gasteiger partial charge in [0.1, 0.15) is 0 Å². The second kappa shape index (κ2) is 9.02. The summed E-state index contributed by atoms with van der Waals surface area (Å²) < 4.78 is 4.71. The highest BCUT2D eigenvalue weighted by molar-refractivity contribution is 5.66. The van der Waals surface area contributed by atoms with E-state index >= 15 is 0 Å². The van der Waals surface area contributed by atoms with Crippen molar-refractivity contribution in [2.75, 3.05) is 13.7 Å². The number of allylic oxidation sites excluding steroid dienone is 3. The smallest absolute Gasteiger partial charge is 0.406 e. The van der Waals surface area contributed by atoms with Gasteiger partial charge in [-0.05, 0) is 93.6 Å². The lowest BCUT2D eigenvalue weighted by atomic mass is 9.66. The van der Waals surface area contributed by atoms with Crippen molar-refractivity contribution >= 4 is 6.09 Å². The molecule has 0 bridgehead atoms. The Balaban J connectivity index is 1.52. The number of carbonyl (C=O) groups is 1. The summed E-state index contributed by atoms with van der Waals surface area (Å²) >= 11 is 0. The van der Waals surface area contributed by atoms with Gasteiger partial charge in [0.2, 0.25) is 0 Å². The minimum absolute atomic E-state index is 0.317. The lowest BCUT2D eigenvalue weighted by Gasteiger charge is -2.40. The normalized spacial score (nSPS) is 28.9. The van der Waals surface area contributed by atoms with Crippen LogP contribution in [0.4, 0.5) is 4.79 Å². The first-order chi connectivity index (χ1) is 13.7. The van der Waals surface area contributed by atoms with Crippen LogP contribution in [-0.4, -0.2) is 31.8 Å². The van der Waals surface area contributed by atoms with Crippen LogP contribution in [0, 0.1) is 17.8 Å². The molecule has 3 fully saturated rings. The van der Waals surface area contributed by atoms with Crippen LogP contribution in [0.2, 0.25) is 0 Å². The molecule has 0 aromatic carbocycles. The van der Waals surface area contributed by atoms with Gasteiger partial charge in [-0.1, -0.05) is 24.5 Å². The van der Waals surface area contributed by atoms with Crippen LogP contribution in [0.25, 0.3) is 0 Å². The molecule has 0 spiro atoms. The minimum Gasteiger partial charge on any atom is -0.453 e. The van der Waals surface area contributed by atoms with Crippen molar-refractivity contribution in [3.05, 3.63) is 22.8 Å². The van der Waals surface area contributed by atoms with Crippen molar-refractivity contribution in [3.63, 3.8) is 0 Å². The lowest BCUT2D eigenvalue weighted by Crippen LogP contribution is -2.38. The van der Waals surface area contributed by atoms with Crippen LogP contribution in [0.15, 0.2) is 22.8 Å². The Bertz CT molecular complexity index is 629. The summed E-state index contributed by atoms with van der Waals surface area (Å²) in [6.07, 6.45) is 16.7. The van der Waals surface area contributed by atoms with E-state index in [0.717, 1.165) is 36.6 Å². The third-order valence-electron chi connectivity index (χ3n) is 7.57. The summed E-state index contributed by atoms with van der Waals surface area (Å²) in [5.74, 6) is 2.48. The summed E-state index contributed by atoms with van der Waals surface area (Å²) in [4.78, 5) is 11.4. The van der Waals surface area contributed by atoms with Gasteiger partial charge in [0.15, 0.2) is 0 Å². The fraction of sp³-hybridized carbons (Fsp3) is 0.792. The Morgan fingerprint density at radius 1 is 1.18 bits per heavy atom. The minimum atomic E-state index is -0.317. The van der Waals surface area contributed by atoms with E-state index in [1.165, 1.54) is 64.9 Å². The highest BCUT2D eigenvalue weighted by atomic mass is 16.5. The number of hydrogen-bond donors (Lipinski definition) is 2. The molecule has 4 rings (SSSR count). The third kappa shape index (κ3) is 4.64. The van der Waals surface area contributed by atoms with Gasteiger partial charge in [0, 0.05) is 18.6 Å². The fourth-order valence-corrected chi connectivity index (χ4v) is 5.69. The van der Waals surface area contributed by atoms with Gasteiger partial charge in [-0.2, -0.15) is 0 Å². The van der Waals surface area contributed by atoms with E-state index < -0.39 is 0 Å². The molecule has 0 saturated heterocycles. The van der Waals surface area contributed by atoms with E-state index in [0.29, 0.717) is 12.6 Å². The van der Waals surface area contributed by atoms with Gasteiger partial charge < -0.3 is 15.4 Å². The molecule has 4 heteroatoms. The SMILES string of the molecule is COC(=O)NCCCC1=C(C2CCCC2)CC2CCC2C(C(C)NC2CC2)=C1. The predicted molar refractivity (Wildman–Crippen MR) is 113 cm³/mol. The van der Waals surface area contributed by atoms with Crippen LogP contribution in [0.5, 0.6) is 0 Å². The molecular weight excluding hydrogens is 348 g/mol. The molecule has 2 N–H and O–H groups in total. The van der Waals surface area contributed by atoms with Crippen molar-refractivity contribution in [1.29, 1.82) is 0 Å². The summed E-state index contributed by atoms with van der Waals surface area (Å²) in [5.41, 5.74) is 5.05. The summed E-state index contributed by atoms with van der Waals surface area (Å²) in [7, 11) is 1.43. The molecular formula is C24H38N2O2. The highest BCUT2D eigenvalue weighted by Gasteiger charge is 2.40. The average molecular weight is 387 g/mol. The number of fused-ring (bicyclic) bond motifs is 1. The second-order valence-electron chi connectivity index (χ2n) is 9.51. The Labute approximate surface area is 170 Å².